The second kappa shape index (κ2) is 6.90. The highest BCUT2D eigenvalue weighted by molar-refractivity contribution is 7.10. The standard InChI is InChI=1S/C14H12F2N2O2S/c1-19-10-2-3-13(20-14(15)16)12(5-10)18-7-11-4-9(6-17)8-21-11/h2-5,8,14,18H,7H2,1H3. The fourth-order valence-electron chi connectivity index (χ4n) is 1.69. The van der Waals surface area contributed by atoms with E-state index in [9.17, 15) is 8.78 Å². The number of anilines is 1. The lowest BCUT2D eigenvalue weighted by Gasteiger charge is -2.13. The number of rotatable bonds is 6. The Labute approximate surface area is 124 Å². The van der Waals surface area contributed by atoms with Crippen molar-refractivity contribution in [2.75, 3.05) is 12.4 Å². The van der Waals surface area contributed by atoms with Crippen LogP contribution >= 0.6 is 11.3 Å². The van der Waals surface area contributed by atoms with E-state index in [0.29, 0.717) is 23.5 Å². The Morgan fingerprint density at radius 2 is 2.19 bits per heavy atom. The van der Waals surface area contributed by atoms with Gasteiger partial charge in [0, 0.05) is 22.9 Å². The van der Waals surface area contributed by atoms with Crippen molar-refractivity contribution in [3.8, 4) is 17.6 Å². The van der Waals surface area contributed by atoms with E-state index < -0.39 is 6.61 Å². The van der Waals surface area contributed by atoms with Gasteiger partial charge in [-0.1, -0.05) is 0 Å². The number of benzene rings is 1. The van der Waals surface area contributed by atoms with E-state index in [1.807, 2.05) is 6.07 Å². The van der Waals surface area contributed by atoms with E-state index >= 15 is 0 Å². The van der Waals surface area contributed by atoms with Crippen LogP contribution in [-0.2, 0) is 6.54 Å². The lowest BCUT2D eigenvalue weighted by Crippen LogP contribution is -2.06. The summed E-state index contributed by atoms with van der Waals surface area (Å²) >= 11 is 1.42. The Kier molecular flexibility index (Phi) is 4.95. The average Bonchev–Trinajstić information content (AvgIpc) is 2.93. The van der Waals surface area contributed by atoms with E-state index in [2.05, 4.69) is 10.1 Å². The molecule has 0 amide bonds. The summed E-state index contributed by atoms with van der Waals surface area (Å²) in [7, 11) is 1.49. The Hall–Kier alpha value is -2.33. The molecule has 0 saturated heterocycles. The number of nitriles is 1. The molecular formula is C14H12F2N2O2S. The van der Waals surface area contributed by atoms with E-state index in [-0.39, 0.29) is 5.75 Å². The zero-order chi connectivity index (χ0) is 15.2. The van der Waals surface area contributed by atoms with Gasteiger partial charge in [-0.15, -0.1) is 11.3 Å². The van der Waals surface area contributed by atoms with Crippen molar-refractivity contribution in [3.05, 3.63) is 40.1 Å². The molecule has 0 aliphatic rings. The first kappa shape index (κ1) is 15.1. The van der Waals surface area contributed by atoms with Crippen LogP contribution in [0.15, 0.2) is 29.6 Å². The van der Waals surface area contributed by atoms with Crippen molar-refractivity contribution >= 4 is 17.0 Å². The molecule has 0 radical (unpaired) electrons. The minimum atomic E-state index is -2.90. The number of thiophene rings is 1. The molecule has 1 N–H and O–H groups in total. The molecule has 1 heterocycles. The van der Waals surface area contributed by atoms with E-state index in [1.165, 1.54) is 24.5 Å². The second-order valence-electron chi connectivity index (χ2n) is 4.01. The molecule has 0 atom stereocenters. The first-order chi connectivity index (χ1) is 10.1. The largest absolute Gasteiger partial charge is 0.497 e. The quantitative estimate of drug-likeness (QED) is 0.880. The molecule has 110 valence electrons. The monoisotopic (exact) mass is 310 g/mol. The fraction of sp³-hybridized carbons (Fsp3) is 0.214. The maximum Gasteiger partial charge on any atom is 0.387 e. The second-order valence-corrected chi connectivity index (χ2v) is 5.00. The smallest absolute Gasteiger partial charge is 0.387 e. The summed E-state index contributed by atoms with van der Waals surface area (Å²) in [6.45, 7) is -2.50. The Morgan fingerprint density at radius 1 is 1.38 bits per heavy atom. The Bertz CT molecular complexity index is 653. The number of ether oxygens (including phenoxy) is 2. The third kappa shape index (κ3) is 4.07. The molecule has 0 spiro atoms. The third-order valence-corrected chi connectivity index (χ3v) is 3.58. The van der Waals surface area contributed by atoms with Crippen molar-refractivity contribution in [1.29, 1.82) is 5.26 Å². The van der Waals surface area contributed by atoms with E-state index in [4.69, 9.17) is 10.00 Å². The van der Waals surface area contributed by atoms with Crippen LogP contribution in [0.25, 0.3) is 0 Å². The minimum Gasteiger partial charge on any atom is -0.497 e. The third-order valence-electron chi connectivity index (χ3n) is 2.64. The van der Waals surface area contributed by atoms with Gasteiger partial charge in [-0.25, -0.2) is 0 Å². The molecule has 0 bridgehead atoms. The summed E-state index contributed by atoms with van der Waals surface area (Å²) in [4.78, 5) is 0.914. The summed E-state index contributed by atoms with van der Waals surface area (Å²) in [5, 5.41) is 13.5. The minimum absolute atomic E-state index is 0.0443. The molecule has 2 aromatic rings. The molecule has 0 unspecified atom stereocenters. The zero-order valence-corrected chi connectivity index (χ0v) is 11.9. The lowest BCUT2D eigenvalue weighted by molar-refractivity contribution is -0.0493. The van der Waals surface area contributed by atoms with Crippen LogP contribution in [0.1, 0.15) is 10.4 Å². The van der Waals surface area contributed by atoms with Crippen LogP contribution in [0.5, 0.6) is 11.5 Å². The molecule has 4 nitrogen and oxygen atoms in total. The molecular weight excluding hydrogens is 298 g/mol. The maximum absolute atomic E-state index is 12.4. The van der Waals surface area contributed by atoms with Crippen LogP contribution < -0.4 is 14.8 Å². The van der Waals surface area contributed by atoms with Gasteiger partial charge in [0.25, 0.3) is 0 Å². The number of alkyl halides is 2. The van der Waals surface area contributed by atoms with Crippen molar-refractivity contribution < 1.29 is 18.3 Å². The van der Waals surface area contributed by atoms with Gasteiger partial charge in [0.2, 0.25) is 0 Å². The first-order valence-corrected chi connectivity index (χ1v) is 6.84. The van der Waals surface area contributed by atoms with Gasteiger partial charge in [0.15, 0.2) is 0 Å². The van der Waals surface area contributed by atoms with Crippen LogP contribution in [-0.4, -0.2) is 13.7 Å². The van der Waals surface area contributed by atoms with Gasteiger partial charge in [-0.05, 0) is 18.2 Å². The fourth-order valence-corrected chi connectivity index (χ4v) is 2.44. The predicted molar refractivity (Wildman–Crippen MR) is 76.0 cm³/mol. The van der Waals surface area contributed by atoms with Gasteiger partial charge in [0.1, 0.15) is 17.6 Å². The molecule has 1 aromatic heterocycles. The predicted octanol–water partition coefficient (Wildman–Crippen LogP) is 3.84. The number of nitrogens with zero attached hydrogens (tertiary/aromatic N) is 1. The average molecular weight is 310 g/mol. The Morgan fingerprint density at radius 3 is 2.81 bits per heavy atom. The van der Waals surface area contributed by atoms with Gasteiger partial charge in [-0.2, -0.15) is 14.0 Å². The number of methoxy groups -OCH3 is 1. The lowest BCUT2D eigenvalue weighted by atomic mass is 10.2. The van der Waals surface area contributed by atoms with E-state index in [1.54, 1.807) is 23.6 Å². The zero-order valence-electron chi connectivity index (χ0n) is 11.1. The Balaban J connectivity index is 2.14. The number of nitrogens with one attached hydrogen (secondary N) is 1. The topological polar surface area (TPSA) is 54.3 Å². The number of halogens is 2. The summed E-state index contributed by atoms with van der Waals surface area (Å²) in [5.41, 5.74) is 0.980. The van der Waals surface area contributed by atoms with Crippen molar-refractivity contribution in [2.45, 2.75) is 13.2 Å². The molecule has 2 rings (SSSR count). The van der Waals surface area contributed by atoms with Crippen molar-refractivity contribution in [1.82, 2.24) is 0 Å². The highest BCUT2D eigenvalue weighted by Crippen LogP contribution is 2.31. The molecule has 0 fully saturated rings. The van der Waals surface area contributed by atoms with Crippen LogP contribution in [0, 0.1) is 11.3 Å². The first-order valence-electron chi connectivity index (χ1n) is 5.96. The number of hydrogen-bond acceptors (Lipinski definition) is 5. The SMILES string of the molecule is COc1ccc(OC(F)F)c(NCc2cc(C#N)cs2)c1. The molecule has 0 saturated carbocycles. The van der Waals surface area contributed by atoms with Gasteiger partial charge in [0.05, 0.1) is 18.4 Å². The molecule has 0 aliphatic heterocycles. The van der Waals surface area contributed by atoms with Crippen LogP contribution in [0.3, 0.4) is 0 Å². The van der Waals surface area contributed by atoms with Crippen molar-refractivity contribution in [3.63, 3.8) is 0 Å². The summed E-state index contributed by atoms with van der Waals surface area (Å²) < 4.78 is 34.3. The van der Waals surface area contributed by atoms with Gasteiger partial charge in [-0.3, -0.25) is 0 Å². The molecule has 21 heavy (non-hydrogen) atoms. The maximum atomic E-state index is 12.4. The highest BCUT2D eigenvalue weighted by Gasteiger charge is 2.11. The molecule has 7 heteroatoms. The van der Waals surface area contributed by atoms with Crippen LogP contribution in [0.2, 0.25) is 0 Å². The summed E-state index contributed by atoms with van der Waals surface area (Å²) in [6, 6.07) is 8.32. The molecule has 1 aromatic carbocycles. The molecule has 0 aliphatic carbocycles. The van der Waals surface area contributed by atoms with Crippen molar-refractivity contribution in [2.24, 2.45) is 0 Å². The van der Waals surface area contributed by atoms with E-state index in [0.717, 1.165) is 4.88 Å². The normalized spacial score (nSPS) is 10.2. The van der Waals surface area contributed by atoms with Gasteiger partial charge >= 0.3 is 6.61 Å². The summed E-state index contributed by atoms with van der Waals surface area (Å²) in [5.74, 6) is 0.575. The van der Waals surface area contributed by atoms with Gasteiger partial charge < -0.3 is 14.8 Å². The highest BCUT2D eigenvalue weighted by atomic mass is 32.1. The van der Waals surface area contributed by atoms with Crippen LogP contribution in [0.4, 0.5) is 14.5 Å². The number of hydrogen-bond donors (Lipinski definition) is 1. The summed E-state index contributed by atoms with van der Waals surface area (Å²) in [6.07, 6.45) is 0.